The van der Waals surface area contributed by atoms with Crippen molar-refractivity contribution in [3.63, 3.8) is 0 Å². The molecule has 1 fully saturated rings. The minimum Gasteiger partial charge on any atom is -0.489 e. The topological polar surface area (TPSA) is 75.7 Å². The largest absolute Gasteiger partial charge is 0.489 e. The van der Waals surface area contributed by atoms with Crippen LogP contribution in [0.4, 0.5) is 10.5 Å². The molecule has 0 saturated carbocycles. The summed E-state index contributed by atoms with van der Waals surface area (Å²) in [6.45, 7) is 1.91. The number of aryl methyl sites for hydroxylation is 1. The van der Waals surface area contributed by atoms with Gasteiger partial charge in [-0.3, -0.25) is 19.3 Å². The van der Waals surface area contributed by atoms with E-state index in [-0.39, 0.29) is 11.4 Å². The number of benzene rings is 3. The van der Waals surface area contributed by atoms with Gasteiger partial charge in [0, 0.05) is 10.7 Å². The Kier molecular flexibility index (Phi) is 7.35. The molecule has 6 nitrogen and oxygen atoms in total. The van der Waals surface area contributed by atoms with E-state index in [0.29, 0.717) is 23.1 Å². The Morgan fingerprint density at radius 3 is 2.53 bits per heavy atom. The number of amides is 3. The van der Waals surface area contributed by atoms with Gasteiger partial charge < -0.3 is 10.1 Å². The molecule has 8 heteroatoms. The number of nitrogens with zero attached hydrogens (tertiary/aromatic N) is 1. The summed E-state index contributed by atoms with van der Waals surface area (Å²) in [6, 6.07) is 22.2. The first-order valence-electron chi connectivity index (χ1n) is 10.5. The highest BCUT2D eigenvalue weighted by atomic mass is 35.5. The summed E-state index contributed by atoms with van der Waals surface area (Å²) in [5.74, 6) is -0.284. The van der Waals surface area contributed by atoms with E-state index in [1.807, 2.05) is 49.4 Å². The lowest BCUT2D eigenvalue weighted by Crippen LogP contribution is -2.36. The average Bonchev–Trinajstić information content (AvgIpc) is 3.09. The van der Waals surface area contributed by atoms with E-state index in [0.717, 1.165) is 33.4 Å². The Balaban J connectivity index is 1.37. The second-order valence-electron chi connectivity index (χ2n) is 7.62. The number of carbonyl (C=O) groups excluding carboxylic acids is 3. The number of imide groups is 1. The Labute approximate surface area is 206 Å². The first-order chi connectivity index (χ1) is 16.4. The predicted octanol–water partition coefficient (Wildman–Crippen LogP) is 5.90. The number of ether oxygens (including phenoxy) is 1. The second-order valence-corrected chi connectivity index (χ2v) is 9.05. The van der Waals surface area contributed by atoms with Gasteiger partial charge in [-0.25, -0.2) is 0 Å². The number of nitrogens with one attached hydrogen (secondary N) is 1. The van der Waals surface area contributed by atoms with Crippen molar-refractivity contribution in [1.82, 2.24) is 4.90 Å². The molecule has 172 valence electrons. The molecule has 3 amide bonds. The van der Waals surface area contributed by atoms with E-state index >= 15 is 0 Å². The summed E-state index contributed by atoms with van der Waals surface area (Å²) in [5, 5.41) is 2.69. The second kappa shape index (κ2) is 10.6. The molecular weight excluding hydrogens is 472 g/mol. The number of thioether (sulfide) groups is 1. The van der Waals surface area contributed by atoms with E-state index in [1.165, 1.54) is 0 Å². The third kappa shape index (κ3) is 5.87. The van der Waals surface area contributed by atoms with Gasteiger partial charge in [-0.2, -0.15) is 0 Å². The van der Waals surface area contributed by atoms with Crippen molar-refractivity contribution in [2.24, 2.45) is 0 Å². The van der Waals surface area contributed by atoms with Crippen molar-refractivity contribution in [2.75, 3.05) is 11.9 Å². The molecule has 0 aromatic heterocycles. The van der Waals surface area contributed by atoms with Crippen LogP contribution in [0.2, 0.25) is 5.02 Å². The summed E-state index contributed by atoms with van der Waals surface area (Å²) < 4.78 is 5.77. The van der Waals surface area contributed by atoms with Gasteiger partial charge in [0.15, 0.2) is 0 Å². The highest BCUT2D eigenvalue weighted by Gasteiger charge is 2.36. The SMILES string of the molecule is Cc1ccc(Cl)cc1NC(=O)CN1C(=O)S/C(=C/c2ccc(OCc3ccccc3)cc2)C1=O. The molecule has 1 N–H and O–H groups in total. The standard InChI is InChI=1S/C26H21ClN2O4S/c1-17-7-10-20(27)14-22(17)28-24(30)15-29-25(31)23(34-26(29)32)13-18-8-11-21(12-9-18)33-16-19-5-3-2-4-6-19/h2-14H,15-16H2,1H3,(H,28,30)/b23-13+. The molecule has 0 atom stereocenters. The minimum absolute atomic E-state index is 0.259. The lowest BCUT2D eigenvalue weighted by Gasteiger charge is -2.13. The number of halogens is 1. The van der Waals surface area contributed by atoms with E-state index in [2.05, 4.69) is 5.32 Å². The van der Waals surface area contributed by atoms with Crippen LogP contribution in [0.5, 0.6) is 5.75 Å². The van der Waals surface area contributed by atoms with Gasteiger partial charge in [-0.1, -0.05) is 60.1 Å². The van der Waals surface area contributed by atoms with E-state index < -0.39 is 17.1 Å². The van der Waals surface area contributed by atoms with E-state index in [1.54, 1.807) is 36.4 Å². The Morgan fingerprint density at radius 2 is 1.79 bits per heavy atom. The van der Waals surface area contributed by atoms with Gasteiger partial charge in [0.05, 0.1) is 4.91 Å². The molecule has 0 bridgehead atoms. The molecule has 0 spiro atoms. The summed E-state index contributed by atoms with van der Waals surface area (Å²) in [4.78, 5) is 38.8. The fraction of sp³-hybridized carbons (Fsp3) is 0.115. The highest BCUT2D eigenvalue weighted by Crippen LogP contribution is 2.32. The Morgan fingerprint density at radius 1 is 1.06 bits per heavy atom. The fourth-order valence-electron chi connectivity index (χ4n) is 3.25. The van der Waals surface area contributed by atoms with Crippen LogP contribution in [0.15, 0.2) is 77.7 Å². The first kappa shape index (κ1) is 23.6. The molecule has 1 aliphatic rings. The van der Waals surface area contributed by atoms with Crippen LogP contribution < -0.4 is 10.1 Å². The van der Waals surface area contributed by atoms with Crippen LogP contribution in [0.3, 0.4) is 0 Å². The molecule has 0 unspecified atom stereocenters. The summed E-state index contributed by atoms with van der Waals surface area (Å²) >= 11 is 6.79. The van der Waals surface area contributed by atoms with Crippen LogP contribution >= 0.6 is 23.4 Å². The molecule has 1 heterocycles. The van der Waals surface area contributed by atoms with Crippen molar-refractivity contribution >= 4 is 52.2 Å². The van der Waals surface area contributed by atoms with Crippen molar-refractivity contribution < 1.29 is 19.1 Å². The van der Waals surface area contributed by atoms with Gasteiger partial charge in [-0.15, -0.1) is 0 Å². The maximum atomic E-state index is 12.7. The lowest BCUT2D eigenvalue weighted by atomic mass is 10.2. The molecule has 34 heavy (non-hydrogen) atoms. The van der Waals surface area contributed by atoms with Gasteiger partial charge >= 0.3 is 0 Å². The molecule has 4 rings (SSSR count). The van der Waals surface area contributed by atoms with Crippen LogP contribution in [-0.2, 0) is 16.2 Å². The van der Waals surface area contributed by atoms with Crippen molar-refractivity contribution in [1.29, 1.82) is 0 Å². The third-order valence-corrected chi connectivity index (χ3v) is 6.22. The van der Waals surface area contributed by atoms with Gasteiger partial charge in [0.2, 0.25) is 5.91 Å². The molecular formula is C26H21ClN2O4S. The smallest absolute Gasteiger partial charge is 0.294 e. The van der Waals surface area contributed by atoms with Crippen LogP contribution in [0.1, 0.15) is 16.7 Å². The third-order valence-electron chi connectivity index (χ3n) is 5.08. The monoisotopic (exact) mass is 492 g/mol. The minimum atomic E-state index is -0.502. The quantitative estimate of drug-likeness (QED) is 0.415. The fourth-order valence-corrected chi connectivity index (χ4v) is 4.26. The number of carbonyl (C=O) groups is 3. The molecule has 3 aromatic carbocycles. The Bertz CT molecular complexity index is 1260. The molecule has 1 saturated heterocycles. The van der Waals surface area contributed by atoms with Crippen molar-refractivity contribution in [2.45, 2.75) is 13.5 Å². The summed E-state index contributed by atoms with van der Waals surface area (Å²) in [7, 11) is 0. The zero-order chi connectivity index (χ0) is 24.1. The zero-order valence-corrected chi connectivity index (χ0v) is 19.9. The summed E-state index contributed by atoms with van der Waals surface area (Å²) in [6.07, 6.45) is 1.63. The van der Waals surface area contributed by atoms with Gasteiger partial charge in [0.25, 0.3) is 11.1 Å². The van der Waals surface area contributed by atoms with Crippen molar-refractivity contribution in [3.8, 4) is 5.75 Å². The zero-order valence-electron chi connectivity index (χ0n) is 18.3. The summed E-state index contributed by atoms with van der Waals surface area (Å²) in [5.41, 5.74) is 3.17. The van der Waals surface area contributed by atoms with E-state index in [4.69, 9.17) is 16.3 Å². The van der Waals surface area contributed by atoms with Gasteiger partial charge in [-0.05, 0) is 65.7 Å². The maximum Gasteiger partial charge on any atom is 0.294 e. The molecule has 1 aliphatic heterocycles. The van der Waals surface area contributed by atoms with E-state index in [9.17, 15) is 14.4 Å². The molecule has 0 radical (unpaired) electrons. The molecule has 3 aromatic rings. The number of anilines is 1. The first-order valence-corrected chi connectivity index (χ1v) is 11.7. The van der Waals surface area contributed by atoms with Crippen molar-refractivity contribution in [3.05, 3.63) is 99.4 Å². The average molecular weight is 493 g/mol. The lowest BCUT2D eigenvalue weighted by molar-refractivity contribution is -0.127. The number of hydrogen-bond acceptors (Lipinski definition) is 5. The predicted molar refractivity (Wildman–Crippen MR) is 135 cm³/mol. The molecule has 0 aliphatic carbocycles. The number of rotatable bonds is 7. The van der Waals surface area contributed by atoms with Gasteiger partial charge in [0.1, 0.15) is 18.9 Å². The Hall–Kier alpha value is -3.55. The van der Waals surface area contributed by atoms with Crippen LogP contribution in [0, 0.1) is 6.92 Å². The highest BCUT2D eigenvalue weighted by molar-refractivity contribution is 8.18. The van der Waals surface area contributed by atoms with Crippen LogP contribution in [0.25, 0.3) is 6.08 Å². The number of hydrogen-bond donors (Lipinski definition) is 1. The normalized spacial score (nSPS) is 14.5. The van der Waals surface area contributed by atoms with Crippen LogP contribution in [-0.4, -0.2) is 28.5 Å². The maximum absolute atomic E-state index is 12.7.